The third-order valence-electron chi connectivity index (χ3n) is 6.18. The number of ether oxygens (including phenoxy) is 1. The van der Waals surface area contributed by atoms with E-state index in [-0.39, 0.29) is 11.7 Å². The molecular weight excluding hydrogens is 380 g/mol. The number of benzene rings is 2. The van der Waals surface area contributed by atoms with Crippen molar-refractivity contribution in [3.05, 3.63) is 58.8 Å². The van der Waals surface area contributed by atoms with Crippen molar-refractivity contribution in [2.24, 2.45) is 0 Å². The van der Waals surface area contributed by atoms with Gasteiger partial charge in [0.05, 0.1) is 35.3 Å². The maximum Gasteiger partial charge on any atom is 0.253 e. The molecule has 0 radical (unpaired) electrons. The lowest BCUT2D eigenvalue weighted by Gasteiger charge is -2.44. The molecule has 0 saturated carbocycles. The maximum absolute atomic E-state index is 13.1. The van der Waals surface area contributed by atoms with Crippen LogP contribution >= 0.6 is 0 Å². The number of H-pyrrole nitrogens is 1. The predicted molar refractivity (Wildman–Crippen MR) is 109 cm³/mol. The van der Waals surface area contributed by atoms with E-state index in [4.69, 9.17) is 10.00 Å². The molecule has 1 amide bonds. The zero-order valence-electron chi connectivity index (χ0n) is 16.6. The second-order valence-electron chi connectivity index (χ2n) is 8.13. The number of fused-ring (bicyclic) bond motifs is 2. The highest BCUT2D eigenvalue weighted by molar-refractivity contribution is 6.01. The molecule has 5 rings (SSSR count). The van der Waals surface area contributed by atoms with Gasteiger partial charge in [-0.05, 0) is 42.8 Å². The number of ketones is 1. The Kier molecular flexibility index (Phi) is 4.10. The van der Waals surface area contributed by atoms with Crippen LogP contribution < -0.4 is 4.74 Å². The average Bonchev–Trinajstić information content (AvgIpc) is 3.22. The topological polar surface area (TPSA) is 99.1 Å². The van der Waals surface area contributed by atoms with E-state index in [9.17, 15) is 9.59 Å². The fraction of sp³-hybridized carbons (Fsp3) is 0.304. The molecule has 1 saturated heterocycles. The summed E-state index contributed by atoms with van der Waals surface area (Å²) >= 11 is 0. The summed E-state index contributed by atoms with van der Waals surface area (Å²) in [5.74, 6) is 0.484. The summed E-state index contributed by atoms with van der Waals surface area (Å²) in [6, 6.07) is 10.8. The number of nitriles is 1. The molecule has 150 valence electrons. The molecule has 3 heterocycles. The molecule has 30 heavy (non-hydrogen) atoms. The second-order valence-corrected chi connectivity index (χ2v) is 8.13. The Bertz CT molecular complexity index is 1230. The minimum atomic E-state index is -0.612. The molecule has 7 heteroatoms. The summed E-state index contributed by atoms with van der Waals surface area (Å²) in [6.45, 7) is 2.99. The van der Waals surface area contributed by atoms with Crippen LogP contribution in [-0.4, -0.2) is 45.5 Å². The minimum Gasteiger partial charge on any atom is -0.486 e. The van der Waals surface area contributed by atoms with E-state index >= 15 is 0 Å². The van der Waals surface area contributed by atoms with Crippen LogP contribution in [0.3, 0.4) is 0 Å². The maximum atomic E-state index is 13.1. The summed E-state index contributed by atoms with van der Waals surface area (Å²) in [5.41, 5.74) is 2.95. The van der Waals surface area contributed by atoms with Crippen molar-refractivity contribution in [3.63, 3.8) is 0 Å². The van der Waals surface area contributed by atoms with Gasteiger partial charge in [-0.3, -0.25) is 14.7 Å². The third-order valence-corrected chi connectivity index (χ3v) is 6.18. The van der Waals surface area contributed by atoms with Crippen molar-refractivity contribution in [3.8, 4) is 11.8 Å². The van der Waals surface area contributed by atoms with Gasteiger partial charge in [0, 0.05) is 36.9 Å². The van der Waals surface area contributed by atoms with Gasteiger partial charge in [-0.25, -0.2) is 0 Å². The minimum absolute atomic E-state index is 0.0228. The molecule has 2 aromatic carbocycles. The van der Waals surface area contributed by atoms with E-state index in [1.165, 1.54) is 0 Å². The van der Waals surface area contributed by atoms with Gasteiger partial charge >= 0.3 is 0 Å². The van der Waals surface area contributed by atoms with Gasteiger partial charge in [-0.2, -0.15) is 10.4 Å². The summed E-state index contributed by atoms with van der Waals surface area (Å²) in [6.07, 6.45) is 3.17. The Hall–Kier alpha value is -3.66. The molecule has 0 bridgehead atoms. The highest BCUT2D eigenvalue weighted by Crippen LogP contribution is 2.40. The quantitative estimate of drug-likeness (QED) is 0.675. The van der Waals surface area contributed by atoms with Crippen LogP contribution in [0, 0.1) is 18.3 Å². The molecule has 1 fully saturated rings. The van der Waals surface area contributed by atoms with Crippen molar-refractivity contribution < 1.29 is 14.3 Å². The van der Waals surface area contributed by atoms with Gasteiger partial charge in [-0.1, -0.05) is 0 Å². The zero-order valence-corrected chi connectivity index (χ0v) is 16.6. The number of rotatable bonds is 1. The number of aromatic amines is 1. The number of aromatic nitrogens is 2. The van der Waals surface area contributed by atoms with Crippen LogP contribution in [-0.2, 0) is 0 Å². The van der Waals surface area contributed by atoms with Crippen LogP contribution in [0.5, 0.6) is 5.75 Å². The van der Waals surface area contributed by atoms with Gasteiger partial charge in [0.2, 0.25) is 0 Å². The molecule has 1 aromatic heterocycles. The molecule has 1 spiro atoms. The Balaban J connectivity index is 1.35. The third kappa shape index (κ3) is 2.92. The van der Waals surface area contributed by atoms with E-state index in [2.05, 4.69) is 16.3 Å². The standard InChI is InChI=1S/C23H20N4O3/c1-14-8-16(10-17-13-25-26-21(14)17)22(29)27-6-4-23(5-7-27)11-19(28)18-3-2-15(12-24)9-20(18)30-23/h2-3,8-10,13H,4-7,11H2,1H3,(H,25,26). The smallest absolute Gasteiger partial charge is 0.253 e. The summed E-state index contributed by atoms with van der Waals surface area (Å²) in [5, 5.41) is 17.1. The molecule has 2 aliphatic rings. The van der Waals surface area contributed by atoms with Gasteiger partial charge in [-0.15, -0.1) is 0 Å². The Morgan fingerprint density at radius 2 is 2.07 bits per heavy atom. The molecular formula is C23H20N4O3. The number of aryl methyl sites for hydroxylation is 1. The number of nitrogens with zero attached hydrogens (tertiary/aromatic N) is 3. The Morgan fingerprint density at radius 1 is 1.27 bits per heavy atom. The number of likely N-dealkylation sites (tertiary alicyclic amines) is 1. The number of Topliss-reactive ketones (excluding diaryl/α,β-unsaturated/α-hetero) is 1. The highest BCUT2D eigenvalue weighted by atomic mass is 16.5. The zero-order chi connectivity index (χ0) is 20.9. The van der Waals surface area contributed by atoms with Crippen LogP contribution in [0.15, 0.2) is 36.5 Å². The Labute approximate surface area is 173 Å². The fourth-order valence-electron chi connectivity index (χ4n) is 4.50. The van der Waals surface area contributed by atoms with Crippen LogP contribution in [0.2, 0.25) is 0 Å². The van der Waals surface area contributed by atoms with Crippen molar-refractivity contribution >= 4 is 22.6 Å². The van der Waals surface area contributed by atoms with Crippen LogP contribution in [0.1, 0.15) is 51.1 Å². The molecule has 2 aliphatic heterocycles. The van der Waals surface area contributed by atoms with Crippen LogP contribution in [0.25, 0.3) is 10.9 Å². The second kappa shape index (κ2) is 6.70. The number of hydrogen-bond acceptors (Lipinski definition) is 5. The SMILES string of the molecule is Cc1cc(C(=O)N2CCC3(CC2)CC(=O)c2ccc(C#N)cc2O3)cc2cn[nH]c12. The number of nitrogens with one attached hydrogen (secondary N) is 1. The Morgan fingerprint density at radius 3 is 2.83 bits per heavy atom. The van der Waals surface area contributed by atoms with Crippen molar-refractivity contribution in [2.75, 3.05) is 13.1 Å². The first-order valence-electron chi connectivity index (χ1n) is 9.97. The van der Waals surface area contributed by atoms with Gasteiger partial charge in [0.1, 0.15) is 11.4 Å². The first-order chi connectivity index (χ1) is 14.5. The molecule has 3 aromatic rings. The van der Waals surface area contributed by atoms with Gasteiger partial charge in [0.15, 0.2) is 5.78 Å². The fourth-order valence-corrected chi connectivity index (χ4v) is 4.50. The van der Waals surface area contributed by atoms with Crippen molar-refractivity contribution in [1.82, 2.24) is 15.1 Å². The summed E-state index contributed by atoms with van der Waals surface area (Å²) in [4.78, 5) is 27.6. The number of carbonyl (C=O) groups is 2. The summed E-state index contributed by atoms with van der Waals surface area (Å²) in [7, 11) is 0. The lowest BCUT2D eigenvalue weighted by Crippen LogP contribution is -2.52. The van der Waals surface area contributed by atoms with Crippen LogP contribution in [0.4, 0.5) is 0 Å². The molecule has 0 aliphatic carbocycles. The van der Waals surface area contributed by atoms with E-state index in [1.54, 1.807) is 24.4 Å². The van der Waals surface area contributed by atoms with Crippen molar-refractivity contribution in [1.29, 1.82) is 5.26 Å². The van der Waals surface area contributed by atoms with E-state index in [1.807, 2.05) is 24.0 Å². The molecule has 1 N–H and O–H groups in total. The van der Waals surface area contributed by atoms with Gasteiger partial charge < -0.3 is 9.64 Å². The average molecular weight is 400 g/mol. The highest BCUT2D eigenvalue weighted by Gasteiger charge is 2.43. The lowest BCUT2D eigenvalue weighted by molar-refractivity contribution is -0.00571. The van der Waals surface area contributed by atoms with E-state index in [0.717, 1.165) is 16.5 Å². The van der Waals surface area contributed by atoms with E-state index < -0.39 is 5.60 Å². The monoisotopic (exact) mass is 400 g/mol. The lowest BCUT2D eigenvalue weighted by atomic mass is 9.82. The molecule has 7 nitrogen and oxygen atoms in total. The first kappa shape index (κ1) is 18.4. The largest absolute Gasteiger partial charge is 0.486 e. The number of piperidine rings is 1. The number of hydrogen-bond donors (Lipinski definition) is 1. The molecule has 0 unspecified atom stereocenters. The number of amides is 1. The van der Waals surface area contributed by atoms with Gasteiger partial charge in [0.25, 0.3) is 5.91 Å². The predicted octanol–water partition coefficient (Wildman–Crippen LogP) is 3.38. The van der Waals surface area contributed by atoms with E-state index in [0.29, 0.717) is 54.8 Å². The first-order valence-corrected chi connectivity index (χ1v) is 9.97. The normalized spacial score (nSPS) is 17.5. The summed E-state index contributed by atoms with van der Waals surface area (Å²) < 4.78 is 6.25. The molecule has 0 atom stereocenters. The number of carbonyl (C=O) groups excluding carboxylic acids is 2. The van der Waals surface area contributed by atoms with Crippen molar-refractivity contribution in [2.45, 2.75) is 31.8 Å².